The fourth-order valence-electron chi connectivity index (χ4n) is 1.68. The molecule has 19 heavy (non-hydrogen) atoms. The van der Waals surface area contributed by atoms with Gasteiger partial charge in [0.25, 0.3) is 0 Å². The van der Waals surface area contributed by atoms with Crippen molar-refractivity contribution in [2.24, 2.45) is 5.84 Å². The van der Waals surface area contributed by atoms with Gasteiger partial charge in [0.15, 0.2) is 0 Å². The van der Waals surface area contributed by atoms with Gasteiger partial charge in [0.2, 0.25) is 5.78 Å². The van der Waals surface area contributed by atoms with E-state index < -0.39 is 0 Å². The lowest BCUT2D eigenvalue weighted by molar-refractivity contribution is 0.104. The van der Waals surface area contributed by atoms with E-state index in [2.05, 4.69) is 0 Å². The highest BCUT2D eigenvalue weighted by molar-refractivity contribution is 7.19. The fraction of sp³-hybridized carbons (Fsp3) is 0.0769. The molecule has 1 heterocycles. The minimum Gasteiger partial charge on any atom is -0.396 e. The van der Waals surface area contributed by atoms with Gasteiger partial charge in [0, 0.05) is 12.6 Å². The summed E-state index contributed by atoms with van der Waals surface area (Å²) in [6, 6.07) is 10.8. The Labute approximate surface area is 114 Å². The van der Waals surface area contributed by atoms with E-state index in [0.717, 1.165) is 11.3 Å². The molecule has 0 atom stereocenters. The Morgan fingerprint density at radius 3 is 2.47 bits per heavy atom. The van der Waals surface area contributed by atoms with E-state index in [0.29, 0.717) is 15.4 Å². The number of hydrazine groups is 1. The molecule has 0 radical (unpaired) electrons. The fourth-order valence-corrected chi connectivity index (χ4v) is 2.69. The zero-order chi connectivity index (χ0) is 14.0. The third-order valence-corrected chi connectivity index (χ3v) is 3.90. The molecule has 0 bridgehead atoms. The van der Waals surface area contributed by atoms with Crippen molar-refractivity contribution in [3.63, 3.8) is 0 Å². The van der Waals surface area contributed by atoms with Crippen molar-refractivity contribution < 1.29 is 4.79 Å². The van der Waals surface area contributed by atoms with Gasteiger partial charge in [-0.2, -0.15) is 5.26 Å². The highest BCUT2D eigenvalue weighted by Gasteiger charge is 2.23. The van der Waals surface area contributed by atoms with Gasteiger partial charge in [-0.1, -0.05) is 30.3 Å². The number of rotatable bonds is 3. The molecule has 2 rings (SSSR count). The second-order valence-electron chi connectivity index (χ2n) is 3.94. The van der Waals surface area contributed by atoms with Crippen LogP contribution in [0.25, 0.3) is 0 Å². The summed E-state index contributed by atoms with van der Waals surface area (Å²) in [7, 11) is 1.60. The summed E-state index contributed by atoms with van der Waals surface area (Å²) in [5.74, 6) is 5.44. The average Bonchev–Trinajstić information content (AvgIpc) is 2.76. The Kier molecular flexibility index (Phi) is 3.51. The molecule has 0 saturated heterocycles. The Hall–Kier alpha value is -2.36. The molecule has 0 spiro atoms. The van der Waals surface area contributed by atoms with Gasteiger partial charge in [0.05, 0.1) is 5.69 Å². The Bertz CT molecular complexity index is 655. The number of benzene rings is 1. The van der Waals surface area contributed by atoms with Gasteiger partial charge in [0.1, 0.15) is 21.5 Å². The first kappa shape index (κ1) is 13.1. The van der Waals surface area contributed by atoms with Crippen LogP contribution in [-0.4, -0.2) is 12.8 Å². The number of hydrogen-bond donors (Lipinski definition) is 2. The lowest BCUT2D eigenvalue weighted by atomic mass is 10.1. The van der Waals surface area contributed by atoms with E-state index in [-0.39, 0.29) is 17.0 Å². The minimum absolute atomic E-state index is 0.189. The predicted molar refractivity (Wildman–Crippen MR) is 75.9 cm³/mol. The van der Waals surface area contributed by atoms with Gasteiger partial charge in [-0.05, 0) is 0 Å². The largest absolute Gasteiger partial charge is 0.396 e. The number of carbonyl (C=O) groups excluding carboxylic acids is 1. The highest BCUT2D eigenvalue weighted by Crippen LogP contribution is 2.37. The molecular weight excluding hydrogens is 260 g/mol. The number of anilines is 2. The van der Waals surface area contributed by atoms with Crippen LogP contribution < -0.4 is 16.6 Å². The summed E-state index contributed by atoms with van der Waals surface area (Å²) >= 11 is 1.13. The number of thiophene rings is 1. The number of nitrogens with two attached hydrogens (primary N) is 2. The van der Waals surface area contributed by atoms with E-state index in [4.69, 9.17) is 16.8 Å². The van der Waals surface area contributed by atoms with Crippen LogP contribution in [-0.2, 0) is 0 Å². The molecule has 0 unspecified atom stereocenters. The molecule has 0 fully saturated rings. The van der Waals surface area contributed by atoms with Gasteiger partial charge < -0.3 is 10.7 Å². The monoisotopic (exact) mass is 272 g/mol. The molecule has 0 saturated carbocycles. The summed E-state index contributed by atoms with van der Waals surface area (Å²) < 4.78 is 0. The quantitative estimate of drug-likeness (QED) is 0.504. The minimum atomic E-state index is -0.201. The second kappa shape index (κ2) is 5.10. The van der Waals surface area contributed by atoms with Crippen LogP contribution >= 0.6 is 11.3 Å². The maximum absolute atomic E-state index is 12.3. The third kappa shape index (κ3) is 2.29. The van der Waals surface area contributed by atoms with Crippen LogP contribution in [0.15, 0.2) is 30.3 Å². The maximum atomic E-state index is 12.3. The zero-order valence-corrected chi connectivity index (χ0v) is 11.1. The van der Waals surface area contributed by atoms with Gasteiger partial charge in [-0.3, -0.25) is 4.79 Å². The van der Waals surface area contributed by atoms with Crippen LogP contribution in [0.2, 0.25) is 0 Å². The van der Waals surface area contributed by atoms with E-state index in [1.54, 1.807) is 31.3 Å². The summed E-state index contributed by atoms with van der Waals surface area (Å²) in [5.41, 5.74) is 6.84. The third-order valence-electron chi connectivity index (χ3n) is 2.60. The normalized spacial score (nSPS) is 9.95. The second-order valence-corrected chi connectivity index (χ2v) is 4.94. The lowest BCUT2D eigenvalue weighted by Gasteiger charge is -2.08. The maximum Gasteiger partial charge on any atom is 0.205 e. The van der Waals surface area contributed by atoms with E-state index in [1.165, 1.54) is 5.01 Å². The first-order valence-electron chi connectivity index (χ1n) is 5.46. The molecule has 0 aliphatic rings. The molecule has 5 nitrogen and oxygen atoms in total. The van der Waals surface area contributed by atoms with Crippen molar-refractivity contribution in [2.45, 2.75) is 0 Å². The molecule has 0 amide bonds. The molecule has 0 aliphatic carbocycles. The van der Waals surface area contributed by atoms with Crippen molar-refractivity contribution >= 4 is 27.8 Å². The van der Waals surface area contributed by atoms with Crippen molar-refractivity contribution in [1.82, 2.24) is 0 Å². The first-order valence-corrected chi connectivity index (χ1v) is 6.28. The topological polar surface area (TPSA) is 96.1 Å². The van der Waals surface area contributed by atoms with E-state index in [1.807, 2.05) is 12.1 Å². The van der Waals surface area contributed by atoms with Crippen molar-refractivity contribution in [2.75, 3.05) is 17.8 Å². The van der Waals surface area contributed by atoms with Crippen LogP contribution in [0.4, 0.5) is 10.7 Å². The van der Waals surface area contributed by atoms with E-state index in [9.17, 15) is 4.79 Å². The molecule has 6 heteroatoms. The van der Waals surface area contributed by atoms with Crippen molar-refractivity contribution in [1.29, 1.82) is 5.26 Å². The molecule has 1 aromatic heterocycles. The lowest BCUT2D eigenvalue weighted by Crippen LogP contribution is -2.24. The van der Waals surface area contributed by atoms with Crippen LogP contribution in [0.1, 0.15) is 20.8 Å². The zero-order valence-electron chi connectivity index (χ0n) is 10.3. The van der Waals surface area contributed by atoms with Gasteiger partial charge in [-0.15, -0.1) is 11.3 Å². The first-order chi connectivity index (χ1) is 9.06. The molecule has 0 aliphatic heterocycles. The van der Waals surface area contributed by atoms with Crippen molar-refractivity contribution in [3.05, 3.63) is 46.3 Å². The van der Waals surface area contributed by atoms with Crippen LogP contribution in [0.5, 0.6) is 0 Å². The molecule has 2 aromatic rings. The Balaban J connectivity index is 2.53. The molecule has 96 valence electrons. The number of nitrogens with zero attached hydrogens (tertiary/aromatic N) is 2. The number of carbonyl (C=O) groups is 1. The van der Waals surface area contributed by atoms with Crippen LogP contribution in [0, 0.1) is 11.3 Å². The molecule has 1 aromatic carbocycles. The molecular formula is C13H12N4OS. The summed E-state index contributed by atoms with van der Waals surface area (Å²) in [4.78, 5) is 12.7. The summed E-state index contributed by atoms with van der Waals surface area (Å²) in [5, 5.41) is 10.9. The average molecular weight is 272 g/mol. The summed E-state index contributed by atoms with van der Waals surface area (Å²) in [6.45, 7) is 0. The van der Waals surface area contributed by atoms with Crippen molar-refractivity contribution in [3.8, 4) is 6.07 Å². The number of nitrogen functional groups attached to an aromatic ring is 1. The smallest absolute Gasteiger partial charge is 0.205 e. The predicted octanol–water partition coefficient (Wildman–Crippen LogP) is 1.74. The Morgan fingerprint density at radius 2 is 2.00 bits per heavy atom. The van der Waals surface area contributed by atoms with Gasteiger partial charge in [-0.25, -0.2) is 5.84 Å². The van der Waals surface area contributed by atoms with Gasteiger partial charge >= 0.3 is 0 Å². The number of nitriles is 1. The number of ketones is 1. The van der Waals surface area contributed by atoms with Crippen LogP contribution in [0.3, 0.4) is 0 Å². The summed E-state index contributed by atoms with van der Waals surface area (Å²) in [6.07, 6.45) is 0. The standard InChI is InChI=1S/C13H12N4OS/c1-17(16)13-9(7-14)10(15)12(19-13)11(18)8-5-3-2-4-6-8/h2-6H,15-16H2,1H3. The molecule has 4 N–H and O–H groups in total. The van der Waals surface area contributed by atoms with E-state index >= 15 is 0 Å². The highest BCUT2D eigenvalue weighted by atomic mass is 32.1. The number of hydrogen-bond acceptors (Lipinski definition) is 6. The Morgan fingerprint density at radius 1 is 1.37 bits per heavy atom. The SMILES string of the molecule is CN(N)c1sc(C(=O)c2ccccc2)c(N)c1C#N.